The lowest BCUT2D eigenvalue weighted by atomic mass is 9.54. The molecule has 2 spiro atoms. The van der Waals surface area contributed by atoms with Crippen molar-refractivity contribution in [2.45, 2.75) is 55.5 Å². The second-order valence-corrected chi connectivity index (χ2v) is 16.3. The number of aliphatic hydroxyl groups is 2. The molecule has 8 aliphatic heterocycles. The molecule has 0 radical (unpaired) electrons. The van der Waals surface area contributed by atoms with Crippen LogP contribution in [0.2, 0.25) is 0 Å². The van der Waals surface area contributed by atoms with Gasteiger partial charge in [0.05, 0.1) is 24.0 Å². The lowest BCUT2D eigenvalue weighted by molar-refractivity contribution is -0.161. The van der Waals surface area contributed by atoms with Crippen LogP contribution in [0.25, 0.3) is 0 Å². The summed E-state index contributed by atoms with van der Waals surface area (Å²) >= 11 is 2.42. The molecule has 8 heterocycles. The van der Waals surface area contributed by atoms with Crippen LogP contribution in [0.15, 0.2) is 48.5 Å². The van der Waals surface area contributed by atoms with Crippen LogP contribution in [-0.2, 0) is 30.0 Å². The van der Waals surface area contributed by atoms with Gasteiger partial charge in [0.2, 0.25) is 0 Å². The fraction of sp³-hybridized carbons (Fsp3) is 0.467. The predicted octanol–water partition coefficient (Wildman–Crippen LogP) is 0.0376. The number of amides is 4. The van der Waals surface area contributed by atoms with Crippen molar-refractivity contribution in [2.24, 2.45) is 0 Å². The standard InChI is InChI=1S/C30H28N6O6S2/c1-33-21(39)27-11-25(15-7-3-5-9-17(15)31-19(25)35(27)23(41)29(33,13-37)43-27)26-12-28-22(40)34(2)30(14-38,44-28)24(42)36(28)20(26)32-18-10-6-4-8-16(18)26/h3-10,19-20,31-32,37-38H,11-14H2,1-2H3/t19-,20-,25+,26+,27-,28+,29+,30-/m1/s1. The van der Waals surface area contributed by atoms with E-state index in [1.807, 2.05) is 48.5 Å². The van der Waals surface area contributed by atoms with Crippen molar-refractivity contribution in [3.63, 3.8) is 0 Å². The SMILES string of the molecule is CN1C(=O)[C@]23C[C@]4([C@]56C[C@@]78S[C@](CO)(C(=O)N7[C@H]5Nc5ccccc56)N(C)C8=O)c5ccccc5N[C@@H]4N2C(=O)[C@]1(CO)S3. The Hall–Kier alpha value is -3.46. The average Bonchev–Trinajstić information content (AvgIpc) is 3.85. The third-order valence-corrected chi connectivity index (χ3v) is 15.6. The Morgan fingerprint density at radius 1 is 0.682 bits per heavy atom. The van der Waals surface area contributed by atoms with Gasteiger partial charge in [-0.05, 0) is 23.3 Å². The Labute approximate surface area is 260 Å². The minimum atomic E-state index is -1.41. The van der Waals surface area contributed by atoms with E-state index < -0.39 is 55.9 Å². The fourth-order valence-electron chi connectivity index (χ4n) is 10.3. The highest BCUT2D eigenvalue weighted by Crippen LogP contribution is 2.78. The molecular weight excluding hydrogens is 605 g/mol. The van der Waals surface area contributed by atoms with Gasteiger partial charge in [0.25, 0.3) is 23.6 Å². The number of aliphatic hydroxyl groups excluding tert-OH is 2. The van der Waals surface area contributed by atoms with Crippen molar-refractivity contribution in [3.8, 4) is 0 Å². The first-order valence-electron chi connectivity index (χ1n) is 14.6. The van der Waals surface area contributed by atoms with E-state index >= 15 is 0 Å². The minimum Gasteiger partial charge on any atom is -0.392 e. The maximum absolute atomic E-state index is 14.4. The van der Waals surface area contributed by atoms with Crippen LogP contribution in [0.5, 0.6) is 0 Å². The van der Waals surface area contributed by atoms with Gasteiger partial charge in [-0.25, -0.2) is 0 Å². The molecule has 6 saturated heterocycles. The van der Waals surface area contributed by atoms with Crippen molar-refractivity contribution in [3.05, 3.63) is 59.7 Å². The zero-order chi connectivity index (χ0) is 30.4. The number of para-hydroxylation sites is 2. The quantitative estimate of drug-likeness (QED) is 0.366. The molecule has 0 unspecified atom stereocenters. The van der Waals surface area contributed by atoms with Crippen LogP contribution < -0.4 is 10.6 Å². The number of rotatable bonds is 3. The van der Waals surface area contributed by atoms with Gasteiger partial charge in [-0.15, -0.1) is 0 Å². The summed E-state index contributed by atoms with van der Waals surface area (Å²) in [5.74, 6) is -1.14. The molecule has 8 atom stereocenters. The molecule has 2 aromatic carbocycles. The third kappa shape index (κ3) is 2.08. The highest BCUT2D eigenvalue weighted by atomic mass is 32.2. The molecule has 44 heavy (non-hydrogen) atoms. The molecule has 0 aromatic heterocycles. The summed E-state index contributed by atoms with van der Waals surface area (Å²) in [6.45, 7) is -1.01. The van der Waals surface area contributed by atoms with Crippen molar-refractivity contribution in [1.29, 1.82) is 0 Å². The fourth-order valence-corrected chi connectivity index (χ4v) is 14.0. The molecule has 226 valence electrons. The number of carbonyl (C=O) groups excluding carboxylic acids is 4. The molecule has 0 saturated carbocycles. The first kappa shape index (κ1) is 25.8. The van der Waals surface area contributed by atoms with Gasteiger partial charge in [-0.3, -0.25) is 29.0 Å². The Kier molecular flexibility index (Phi) is 4.21. The number of nitrogens with zero attached hydrogens (tertiary/aromatic N) is 4. The first-order valence-corrected chi connectivity index (χ1v) is 16.3. The Balaban J connectivity index is 1.28. The maximum atomic E-state index is 14.4. The van der Waals surface area contributed by atoms with E-state index in [-0.39, 0.29) is 36.5 Å². The molecule has 8 aliphatic rings. The Morgan fingerprint density at radius 2 is 1.07 bits per heavy atom. The van der Waals surface area contributed by atoms with Crippen LogP contribution in [0.4, 0.5) is 11.4 Å². The summed E-state index contributed by atoms with van der Waals surface area (Å²) in [5.41, 5.74) is 1.55. The van der Waals surface area contributed by atoms with E-state index in [1.54, 1.807) is 23.9 Å². The van der Waals surface area contributed by atoms with E-state index in [4.69, 9.17) is 0 Å². The van der Waals surface area contributed by atoms with Gasteiger partial charge in [0.1, 0.15) is 12.3 Å². The van der Waals surface area contributed by atoms with Crippen LogP contribution in [0.3, 0.4) is 0 Å². The topological polar surface area (TPSA) is 146 Å². The van der Waals surface area contributed by atoms with Gasteiger partial charge >= 0.3 is 0 Å². The number of likely N-dealkylation sites (N-methyl/N-ethyl adjacent to an activating group) is 2. The highest BCUT2D eigenvalue weighted by molar-refractivity contribution is 8.04. The summed E-state index contributed by atoms with van der Waals surface area (Å²) in [7, 11) is 3.15. The molecule has 4 bridgehead atoms. The largest absolute Gasteiger partial charge is 0.392 e. The summed E-state index contributed by atoms with van der Waals surface area (Å²) in [5, 5.41) is 28.3. The van der Waals surface area contributed by atoms with Gasteiger partial charge in [0, 0.05) is 38.3 Å². The van der Waals surface area contributed by atoms with Crippen LogP contribution in [-0.4, -0.2) is 113 Å². The van der Waals surface area contributed by atoms with Crippen LogP contribution >= 0.6 is 23.5 Å². The molecule has 2 aromatic rings. The minimum absolute atomic E-state index is 0.223. The van der Waals surface area contributed by atoms with E-state index in [2.05, 4.69) is 10.6 Å². The van der Waals surface area contributed by atoms with Crippen molar-refractivity contribution < 1.29 is 29.4 Å². The molecule has 4 amide bonds. The predicted molar refractivity (Wildman–Crippen MR) is 160 cm³/mol. The van der Waals surface area contributed by atoms with Gasteiger partial charge in [-0.1, -0.05) is 59.9 Å². The van der Waals surface area contributed by atoms with Crippen LogP contribution in [0, 0.1) is 0 Å². The summed E-state index contributed by atoms with van der Waals surface area (Å²) in [4.78, 5) is 58.1. The monoisotopic (exact) mass is 632 g/mol. The molecule has 4 N–H and O–H groups in total. The number of benzene rings is 2. The van der Waals surface area contributed by atoms with E-state index in [1.165, 1.54) is 33.3 Å². The zero-order valence-corrected chi connectivity index (χ0v) is 25.4. The van der Waals surface area contributed by atoms with E-state index in [9.17, 15) is 29.4 Å². The number of anilines is 2. The number of carbonyl (C=O) groups is 4. The number of fused-ring (bicyclic) bond motifs is 11. The lowest BCUT2D eigenvalue weighted by Gasteiger charge is -2.49. The second-order valence-electron chi connectivity index (χ2n) is 13.2. The van der Waals surface area contributed by atoms with Crippen molar-refractivity contribution >= 4 is 58.5 Å². The smallest absolute Gasteiger partial charge is 0.264 e. The Bertz CT molecular complexity index is 1700. The van der Waals surface area contributed by atoms with Crippen molar-refractivity contribution in [1.82, 2.24) is 19.6 Å². The summed E-state index contributed by atoms with van der Waals surface area (Å²) < 4.78 is 0. The molecule has 14 heteroatoms. The van der Waals surface area contributed by atoms with Crippen LogP contribution in [0.1, 0.15) is 24.0 Å². The maximum Gasteiger partial charge on any atom is 0.264 e. The molecule has 0 aliphatic carbocycles. The number of hydrogen-bond acceptors (Lipinski definition) is 10. The highest BCUT2D eigenvalue weighted by Gasteiger charge is 2.90. The molecule has 10 rings (SSSR count). The number of hydrogen-bond donors (Lipinski definition) is 4. The van der Waals surface area contributed by atoms with Gasteiger partial charge < -0.3 is 30.6 Å². The molecule has 6 fully saturated rings. The molecule has 12 nitrogen and oxygen atoms in total. The third-order valence-electron chi connectivity index (χ3n) is 12.0. The Morgan fingerprint density at radius 3 is 1.45 bits per heavy atom. The summed E-state index contributed by atoms with van der Waals surface area (Å²) in [6.07, 6.45) is -0.953. The number of thioether (sulfide) groups is 2. The van der Waals surface area contributed by atoms with Crippen molar-refractivity contribution in [2.75, 3.05) is 37.9 Å². The first-order chi connectivity index (χ1) is 21.1. The van der Waals surface area contributed by atoms with Gasteiger partial charge in [0.15, 0.2) is 19.5 Å². The summed E-state index contributed by atoms with van der Waals surface area (Å²) in [6, 6.07) is 15.7. The number of piperazine rings is 2. The van der Waals surface area contributed by atoms with Gasteiger partial charge in [-0.2, -0.15) is 0 Å². The van der Waals surface area contributed by atoms with E-state index in [0.717, 1.165) is 22.5 Å². The average molecular weight is 633 g/mol. The zero-order valence-electron chi connectivity index (χ0n) is 23.7. The normalized spacial score (nSPS) is 44.6. The molecular formula is C30H28N6O6S2. The lowest BCUT2D eigenvalue weighted by Crippen LogP contribution is -2.67. The van der Waals surface area contributed by atoms with E-state index in [0.29, 0.717) is 0 Å². The second kappa shape index (κ2) is 7.16. The number of nitrogens with one attached hydrogen (secondary N) is 2.